The number of nitrogens with zero attached hydrogens (tertiary/aromatic N) is 2. The summed E-state index contributed by atoms with van der Waals surface area (Å²) < 4.78 is 79.0. The molecule has 2 aromatic rings. The fourth-order valence-corrected chi connectivity index (χ4v) is 5.89. The monoisotopic (exact) mass is 492 g/mol. The predicted octanol–water partition coefficient (Wildman–Crippen LogP) is 3.93. The van der Waals surface area contributed by atoms with Gasteiger partial charge in [-0.15, -0.1) is 0 Å². The molecule has 0 spiro atoms. The Morgan fingerprint density at radius 2 is 1.66 bits per heavy atom. The van der Waals surface area contributed by atoms with Crippen LogP contribution in [0.15, 0.2) is 47.4 Å². The Morgan fingerprint density at radius 1 is 1.03 bits per heavy atom. The highest BCUT2D eigenvalue weighted by atomic mass is 35.5. The third kappa shape index (κ3) is 4.65. The van der Waals surface area contributed by atoms with Crippen LogP contribution in [0.4, 0.5) is 17.6 Å². The van der Waals surface area contributed by atoms with Crippen LogP contribution in [-0.4, -0.2) is 55.1 Å². The number of aliphatic hydroxyl groups is 1. The molecule has 1 saturated carbocycles. The van der Waals surface area contributed by atoms with Gasteiger partial charge in [-0.05, 0) is 48.2 Å². The lowest BCUT2D eigenvalue weighted by atomic mass is 10.1. The second kappa shape index (κ2) is 8.57. The number of hydrogen-bond acceptors (Lipinski definition) is 4. The summed E-state index contributed by atoms with van der Waals surface area (Å²) in [6.45, 7) is 0.643. The summed E-state index contributed by atoms with van der Waals surface area (Å²) >= 11 is 5.82. The number of sulfonamides is 1. The molecule has 0 bridgehead atoms. The molecule has 1 aliphatic carbocycles. The van der Waals surface area contributed by atoms with E-state index < -0.39 is 38.7 Å². The van der Waals surface area contributed by atoms with Gasteiger partial charge in [0.1, 0.15) is 16.9 Å². The van der Waals surface area contributed by atoms with Crippen molar-refractivity contribution in [3.05, 3.63) is 64.4 Å². The lowest BCUT2D eigenvalue weighted by Crippen LogP contribution is -2.52. The van der Waals surface area contributed by atoms with Crippen LogP contribution in [0, 0.1) is 11.7 Å². The highest BCUT2D eigenvalue weighted by Gasteiger charge is 2.46. The zero-order valence-electron chi connectivity index (χ0n) is 16.8. The van der Waals surface area contributed by atoms with Crippen molar-refractivity contribution in [2.45, 2.75) is 29.6 Å². The summed E-state index contributed by atoms with van der Waals surface area (Å²) in [5.41, 5.74) is 0.0205. The number of piperazine rings is 1. The third-order valence-corrected chi connectivity index (χ3v) is 8.20. The van der Waals surface area contributed by atoms with Crippen molar-refractivity contribution in [3.63, 3.8) is 0 Å². The molecule has 1 heterocycles. The normalized spacial score (nSPS) is 23.8. The van der Waals surface area contributed by atoms with Crippen LogP contribution in [0.2, 0.25) is 5.02 Å². The summed E-state index contributed by atoms with van der Waals surface area (Å²) in [6.07, 6.45) is -4.59. The third-order valence-electron chi connectivity index (χ3n) is 6.05. The lowest BCUT2D eigenvalue weighted by Gasteiger charge is -2.36. The Morgan fingerprint density at radius 3 is 2.25 bits per heavy atom. The number of aliphatic hydroxyl groups excluding tert-OH is 1. The molecule has 4 rings (SSSR count). The van der Waals surface area contributed by atoms with Crippen LogP contribution < -0.4 is 0 Å². The van der Waals surface area contributed by atoms with Gasteiger partial charge in [-0.3, -0.25) is 4.90 Å². The molecule has 11 heteroatoms. The minimum absolute atomic E-state index is 0.0467. The van der Waals surface area contributed by atoms with Crippen LogP contribution in [0.1, 0.15) is 23.5 Å². The molecule has 3 atom stereocenters. The fourth-order valence-electron chi connectivity index (χ4n) is 4.14. The van der Waals surface area contributed by atoms with Crippen molar-refractivity contribution >= 4 is 21.6 Å². The molecule has 0 amide bonds. The van der Waals surface area contributed by atoms with E-state index in [0.29, 0.717) is 6.42 Å². The van der Waals surface area contributed by atoms with Gasteiger partial charge in [0, 0.05) is 37.1 Å². The number of benzene rings is 2. The van der Waals surface area contributed by atoms with Crippen molar-refractivity contribution in [2.24, 2.45) is 5.92 Å². The van der Waals surface area contributed by atoms with E-state index in [1.807, 2.05) is 0 Å². The molecular formula is C21H21ClF4N2O3S. The SMILES string of the molecule is O=S(=O)(c1cc(Cl)ccc1F)N1CCN([C@H](O)C2CC2c2ccc(C(F)(F)F)cc2)CC1. The molecule has 5 nitrogen and oxygen atoms in total. The summed E-state index contributed by atoms with van der Waals surface area (Å²) in [7, 11) is -4.07. The molecule has 0 radical (unpaired) electrons. The number of rotatable bonds is 5. The molecule has 0 aromatic heterocycles. The Kier molecular flexibility index (Phi) is 6.28. The Balaban J connectivity index is 1.36. The maximum Gasteiger partial charge on any atom is 0.416 e. The summed E-state index contributed by atoms with van der Waals surface area (Å²) in [4.78, 5) is 1.26. The summed E-state index contributed by atoms with van der Waals surface area (Å²) in [5.74, 6) is -1.07. The molecule has 174 valence electrons. The smallest absolute Gasteiger partial charge is 0.378 e. The summed E-state index contributed by atoms with van der Waals surface area (Å²) in [5, 5.41) is 10.8. The molecule has 1 saturated heterocycles. The first kappa shape index (κ1) is 23.4. The number of hydrogen-bond donors (Lipinski definition) is 1. The molecule has 2 aromatic carbocycles. The lowest BCUT2D eigenvalue weighted by molar-refractivity contribution is -0.137. The van der Waals surface area contributed by atoms with Crippen molar-refractivity contribution in [2.75, 3.05) is 26.2 Å². The van der Waals surface area contributed by atoms with E-state index in [1.54, 1.807) is 4.90 Å². The van der Waals surface area contributed by atoms with E-state index in [-0.39, 0.29) is 43.0 Å². The van der Waals surface area contributed by atoms with Crippen LogP contribution in [0.25, 0.3) is 0 Å². The minimum Gasteiger partial charge on any atom is -0.378 e. The molecule has 1 N–H and O–H groups in total. The second-order valence-corrected chi connectivity index (χ2v) is 10.4. The van der Waals surface area contributed by atoms with Gasteiger partial charge in [-0.2, -0.15) is 17.5 Å². The maximum absolute atomic E-state index is 14.1. The van der Waals surface area contributed by atoms with Crippen LogP contribution in [-0.2, 0) is 16.2 Å². The van der Waals surface area contributed by atoms with Gasteiger partial charge < -0.3 is 5.11 Å². The van der Waals surface area contributed by atoms with Gasteiger partial charge >= 0.3 is 6.18 Å². The quantitative estimate of drug-likeness (QED) is 0.643. The Bertz CT molecular complexity index is 1090. The van der Waals surface area contributed by atoms with Crippen molar-refractivity contribution < 1.29 is 31.1 Å². The highest BCUT2D eigenvalue weighted by Crippen LogP contribution is 2.50. The Hall–Kier alpha value is -1.72. The van der Waals surface area contributed by atoms with Gasteiger partial charge in [0.15, 0.2) is 0 Å². The standard InChI is InChI=1S/C21H21ClF4N2O3S/c22-15-5-6-18(23)19(11-15)32(30,31)28-9-7-27(8-10-28)20(29)17-12-16(17)13-1-3-14(4-2-13)21(24,25)26/h1-6,11,16-17,20,29H,7-10,12H2/t16?,17?,20-/m1/s1. The maximum atomic E-state index is 14.1. The van der Waals surface area contributed by atoms with E-state index in [2.05, 4.69) is 0 Å². The van der Waals surface area contributed by atoms with Crippen molar-refractivity contribution in [3.8, 4) is 0 Å². The average Bonchev–Trinajstić information content (AvgIpc) is 3.55. The van der Waals surface area contributed by atoms with Crippen molar-refractivity contribution in [1.29, 1.82) is 0 Å². The zero-order chi connectivity index (χ0) is 23.3. The van der Waals surface area contributed by atoms with Gasteiger partial charge in [0.05, 0.1) is 5.56 Å². The Labute approximate surface area is 188 Å². The second-order valence-electron chi connectivity index (χ2n) is 8.05. The van der Waals surface area contributed by atoms with E-state index in [0.717, 1.165) is 34.1 Å². The van der Waals surface area contributed by atoms with Gasteiger partial charge in [-0.1, -0.05) is 23.7 Å². The number of alkyl halides is 3. The van der Waals surface area contributed by atoms with E-state index >= 15 is 0 Å². The van der Waals surface area contributed by atoms with Gasteiger partial charge in [-0.25, -0.2) is 12.8 Å². The minimum atomic E-state index is -4.39. The predicted molar refractivity (Wildman–Crippen MR) is 110 cm³/mol. The first-order valence-electron chi connectivity index (χ1n) is 10.0. The van der Waals surface area contributed by atoms with E-state index in [1.165, 1.54) is 18.2 Å². The molecule has 2 aliphatic rings. The zero-order valence-corrected chi connectivity index (χ0v) is 18.3. The largest absolute Gasteiger partial charge is 0.416 e. The molecular weight excluding hydrogens is 472 g/mol. The van der Waals surface area contributed by atoms with E-state index in [4.69, 9.17) is 11.6 Å². The van der Waals surface area contributed by atoms with Crippen molar-refractivity contribution in [1.82, 2.24) is 9.21 Å². The highest BCUT2D eigenvalue weighted by molar-refractivity contribution is 7.89. The molecule has 1 aliphatic heterocycles. The first-order chi connectivity index (χ1) is 15.0. The first-order valence-corrected chi connectivity index (χ1v) is 11.8. The average molecular weight is 493 g/mol. The number of halogens is 5. The van der Waals surface area contributed by atoms with Crippen LogP contribution in [0.5, 0.6) is 0 Å². The van der Waals surface area contributed by atoms with Gasteiger partial charge in [0.2, 0.25) is 10.0 Å². The topological polar surface area (TPSA) is 60.9 Å². The van der Waals surface area contributed by atoms with Crippen LogP contribution in [0.3, 0.4) is 0 Å². The molecule has 2 fully saturated rings. The summed E-state index contributed by atoms with van der Waals surface area (Å²) in [6, 6.07) is 8.29. The molecule has 32 heavy (non-hydrogen) atoms. The van der Waals surface area contributed by atoms with Gasteiger partial charge in [0.25, 0.3) is 0 Å². The fraction of sp³-hybridized carbons (Fsp3) is 0.429. The van der Waals surface area contributed by atoms with Crippen LogP contribution >= 0.6 is 11.6 Å². The molecule has 2 unspecified atom stereocenters. The van der Waals surface area contributed by atoms with E-state index in [9.17, 15) is 31.1 Å².